The van der Waals surface area contributed by atoms with Gasteiger partial charge >= 0.3 is 0 Å². The molecular weight excluding hydrogens is 501 g/mol. The zero-order valence-corrected chi connectivity index (χ0v) is 23.0. The summed E-state index contributed by atoms with van der Waals surface area (Å²) in [5.74, 6) is -0.275. The molecule has 1 atom stereocenters. The van der Waals surface area contributed by atoms with Crippen LogP contribution in [0.2, 0.25) is 0 Å². The number of fused-ring (bicyclic) bond motifs is 1. The Balaban J connectivity index is 1.27. The maximum absolute atomic E-state index is 15.1. The Morgan fingerprint density at radius 2 is 1.85 bits per heavy atom. The Morgan fingerprint density at radius 1 is 1.10 bits per heavy atom. The molecule has 1 N–H and O–H groups in total. The number of rotatable bonds is 7. The van der Waals surface area contributed by atoms with Crippen molar-refractivity contribution in [1.29, 1.82) is 0 Å². The van der Waals surface area contributed by atoms with Crippen molar-refractivity contribution in [2.45, 2.75) is 77.0 Å². The number of carbonyl (C=O) groups excluding carboxylic acids is 3. The average Bonchev–Trinajstić information content (AvgIpc) is 3.20. The van der Waals surface area contributed by atoms with Gasteiger partial charge in [-0.25, -0.2) is 4.39 Å². The highest BCUT2D eigenvalue weighted by molar-refractivity contribution is 6.01. The number of aldehydes is 1. The molecule has 5 rings (SSSR count). The minimum Gasteiger partial charge on any atom is -0.488 e. The maximum atomic E-state index is 15.1. The van der Waals surface area contributed by atoms with Gasteiger partial charge in [0, 0.05) is 49.3 Å². The molecule has 0 radical (unpaired) electrons. The van der Waals surface area contributed by atoms with Crippen LogP contribution in [0.4, 0.5) is 4.39 Å². The molecule has 2 aromatic carbocycles. The number of ether oxygens (including phenoxy) is 2. The summed E-state index contributed by atoms with van der Waals surface area (Å²) in [6, 6.07) is 10.4. The average molecular weight is 538 g/mol. The number of benzene rings is 2. The molecule has 0 bridgehead atoms. The fourth-order valence-corrected chi connectivity index (χ4v) is 6.23. The number of amides is 2. The van der Waals surface area contributed by atoms with Crippen molar-refractivity contribution >= 4 is 18.1 Å². The normalized spacial score (nSPS) is 24.3. The van der Waals surface area contributed by atoms with Crippen LogP contribution in [0.3, 0.4) is 0 Å². The lowest BCUT2D eigenvalue weighted by Crippen LogP contribution is -2.60. The fourth-order valence-electron chi connectivity index (χ4n) is 6.23. The van der Waals surface area contributed by atoms with Crippen LogP contribution in [-0.2, 0) is 34.0 Å². The zero-order chi connectivity index (χ0) is 28.0. The van der Waals surface area contributed by atoms with Crippen LogP contribution in [0, 0.1) is 5.82 Å². The molecule has 9 heteroatoms. The summed E-state index contributed by atoms with van der Waals surface area (Å²) in [4.78, 5) is 40.8. The van der Waals surface area contributed by atoms with E-state index in [9.17, 15) is 14.4 Å². The molecule has 39 heavy (non-hydrogen) atoms. The summed E-state index contributed by atoms with van der Waals surface area (Å²) in [7, 11) is 0. The molecule has 8 nitrogen and oxygen atoms in total. The first-order valence-corrected chi connectivity index (χ1v) is 13.4. The van der Waals surface area contributed by atoms with Crippen molar-refractivity contribution in [1.82, 2.24) is 15.1 Å². The Labute approximate surface area is 228 Å². The lowest BCUT2D eigenvalue weighted by Gasteiger charge is -2.47. The molecule has 2 aromatic rings. The van der Waals surface area contributed by atoms with E-state index in [1.165, 1.54) is 4.90 Å². The minimum absolute atomic E-state index is 0.00323. The molecule has 2 saturated heterocycles. The third-order valence-corrected chi connectivity index (χ3v) is 7.73. The van der Waals surface area contributed by atoms with Crippen LogP contribution in [0.5, 0.6) is 5.75 Å². The predicted octanol–water partition coefficient (Wildman–Crippen LogP) is 3.60. The van der Waals surface area contributed by atoms with Gasteiger partial charge in [-0.05, 0) is 57.9 Å². The number of nitrogens with one attached hydrogen (secondary N) is 1. The first-order valence-electron chi connectivity index (χ1n) is 13.4. The summed E-state index contributed by atoms with van der Waals surface area (Å²) in [5.41, 5.74) is 0.765. The Morgan fingerprint density at radius 3 is 2.49 bits per heavy atom. The molecular formula is C30H36FN3O5. The highest BCUT2D eigenvalue weighted by atomic mass is 19.1. The molecule has 3 heterocycles. The Bertz CT molecular complexity index is 1280. The van der Waals surface area contributed by atoms with Gasteiger partial charge in [0.15, 0.2) is 0 Å². The second-order valence-electron chi connectivity index (χ2n) is 12.2. The number of hydrogen-bond acceptors (Lipinski definition) is 6. The lowest BCUT2D eigenvalue weighted by atomic mass is 9.89. The summed E-state index contributed by atoms with van der Waals surface area (Å²) in [6.45, 7) is 10.7. The molecule has 1 unspecified atom stereocenters. The first kappa shape index (κ1) is 27.3. The molecule has 2 amide bonds. The highest BCUT2D eigenvalue weighted by Gasteiger charge is 2.47. The van der Waals surface area contributed by atoms with Crippen molar-refractivity contribution in [3.05, 3.63) is 64.5 Å². The number of carbonyl (C=O) groups is 3. The van der Waals surface area contributed by atoms with Crippen LogP contribution in [-0.4, -0.2) is 64.3 Å². The van der Waals surface area contributed by atoms with Gasteiger partial charge in [0.25, 0.3) is 5.91 Å². The number of nitrogens with zero attached hydrogens (tertiary/aromatic N) is 2. The van der Waals surface area contributed by atoms with Crippen molar-refractivity contribution in [2.75, 3.05) is 19.6 Å². The third-order valence-electron chi connectivity index (χ3n) is 7.73. The summed E-state index contributed by atoms with van der Waals surface area (Å²) in [6.07, 6.45) is 1.21. The van der Waals surface area contributed by atoms with Crippen LogP contribution in [0.1, 0.15) is 67.6 Å². The van der Waals surface area contributed by atoms with Crippen molar-refractivity contribution in [3.63, 3.8) is 0 Å². The van der Waals surface area contributed by atoms with Crippen LogP contribution >= 0.6 is 0 Å². The fraction of sp³-hybridized carbons (Fsp3) is 0.500. The number of piperidine rings is 1. The largest absolute Gasteiger partial charge is 0.488 e. The smallest absolute Gasteiger partial charge is 0.255 e. The van der Waals surface area contributed by atoms with Gasteiger partial charge in [-0.2, -0.15) is 0 Å². The lowest BCUT2D eigenvalue weighted by molar-refractivity contribution is -0.182. The quantitative estimate of drug-likeness (QED) is 0.543. The molecule has 3 aliphatic heterocycles. The molecule has 2 fully saturated rings. The monoisotopic (exact) mass is 537 g/mol. The Hall–Kier alpha value is -3.30. The van der Waals surface area contributed by atoms with E-state index >= 15 is 4.39 Å². The second-order valence-corrected chi connectivity index (χ2v) is 12.2. The van der Waals surface area contributed by atoms with Crippen LogP contribution < -0.4 is 10.1 Å². The van der Waals surface area contributed by atoms with Gasteiger partial charge in [0.2, 0.25) is 5.91 Å². The Kier molecular flexibility index (Phi) is 7.01. The molecule has 0 aliphatic carbocycles. The first-order chi connectivity index (χ1) is 18.4. The van der Waals surface area contributed by atoms with E-state index in [-0.39, 0.29) is 61.4 Å². The van der Waals surface area contributed by atoms with Crippen molar-refractivity contribution < 1.29 is 28.2 Å². The van der Waals surface area contributed by atoms with E-state index in [0.29, 0.717) is 29.0 Å². The van der Waals surface area contributed by atoms with E-state index in [4.69, 9.17) is 9.47 Å². The third kappa shape index (κ3) is 5.56. The van der Waals surface area contributed by atoms with Gasteiger partial charge in [0.1, 0.15) is 30.0 Å². The summed E-state index contributed by atoms with van der Waals surface area (Å²) < 4.78 is 27.3. The van der Waals surface area contributed by atoms with Gasteiger partial charge < -0.3 is 24.5 Å². The molecule has 3 aliphatic rings. The van der Waals surface area contributed by atoms with Crippen molar-refractivity contribution in [3.8, 4) is 5.75 Å². The maximum Gasteiger partial charge on any atom is 0.255 e. The standard InChI is InChI=1S/C30H36FN3O5/c1-28(2)17-33(18-29(3,4)39-28)13-20-8-9-21(24(31)12-20)15-38-25-7-5-6-22-23(25)14-34(27(22)37)30(19-35)11-10-26(36)32-16-30/h5-9,12,19H,10-11,13-18H2,1-4H3,(H,32,36). The van der Waals surface area contributed by atoms with Gasteiger partial charge in [0.05, 0.1) is 17.7 Å². The van der Waals surface area contributed by atoms with Crippen molar-refractivity contribution in [2.24, 2.45) is 0 Å². The second kappa shape index (κ2) is 10.0. The van der Waals surface area contributed by atoms with E-state index in [1.54, 1.807) is 30.3 Å². The van der Waals surface area contributed by atoms with Gasteiger partial charge in [-0.3, -0.25) is 14.5 Å². The topological polar surface area (TPSA) is 88.2 Å². The number of halogens is 1. The van der Waals surface area contributed by atoms with E-state index in [2.05, 4.69) is 37.9 Å². The van der Waals surface area contributed by atoms with Crippen LogP contribution in [0.15, 0.2) is 36.4 Å². The molecule has 208 valence electrons. The SMILES string of the molecule is CC1(C)CN(Cc2ccc(COc3cccc4c3CN(C3(C=O)CCC(=O)NC3)C4=O)c(F)c2)CC(C)(C)O1. The molecule has 0 aromatic heterocycles. The van der Waals surface area contributed by atoms with E-state index in [0.717, 1.165) is 24.9 Å². The summed E-state index contributed by atoms with van der Waals surface area (Å²) >= 11 is 0. The number of morpholine rings is 1. The van der Waals surface area contributed by atoms with Gasteiger partial charge in [-0.1, -0.05) is 18.2 Å². The predicted molar refractivity (Wildman–Crippen MR) is 143 cm³/mol. The van der Waals surface area contributed by atoms with E-state index in [1.807, 2.05) is 6.07 Å². The highest BCUT2D eigenvalue weighted by Crippen LogP contribution is 2.37. The van der Waals surface area contributed by atoms with Crippen LogP contribution in [0.25, 0.3) is 0 Å². The number of hydrogen-bond donors (Lipinski definition) is 1. The minimum atomic E-state index is -1.09. The van der Waals surface area contributed by atoms with Gasteiger partial charge in [-0.15, -0.1) is 0 Å². The summed E-state index contributed by atoms with van der Waals surface area (Å²) in [5, 5.41) is 2.71. The van der Waals surface area contributed by atoms with E-state index < -0.39 is 5.54 Å². The molecule has 0 spiro atoms. The molecule has 0 saturated carbocycles. The zero-order valence-electron chi connectivity index (χ0n) is 23.0.